The zero-order chi connectivity index (χ0) is 19.8. The van der Waals surface area contributed by atoms with Crippen molar-refractivity contribution in [1.82, 2.24) is 4.98 Å². The maximum atomic E-state index is 13.0. The first-order valence-electron chi connectivity index (χ1n) is 9.56. The van der Waals surface area contributed by atoms with Crippen LogP contribution in [0.3, 0.4) is 0 Å². The number of nitrogens with one attached hydrogen (secondary N) is 1. The van der Waals surface area contributed by atoms with Crippen LogP contribution in [-0.4, -0.2) is 22.8 Å². The molecule has 2 aliphatic rings. The number of aliphatic hydroxyl groups excluding tert-OH is 1. The minimum atomic E-state index is -0.537. The number of pyridine rings is 1. The van der Waals surface area contributed by atoms with Crippen molar-refractivity contribution in [3.05, 3.63) is 71.9 Å². The maximum Gasteiger partial charge on any atom is 0.236 e. The normalized spacial score (nSPS) is 15.8. The number of ether oxygens (including phenoxy) is 2. The number of fused-ring (bicyclic) bond motifs is 1. The number of amides is 1. The lowest BCUT2D eigenvalue weighted by atomic mass is 9.94. The van der Waals surface area contributed by atoms with Crippen LogP contribution in [0.25, 0.3) is 11.1 Å². The van der Waals surface area contributed by atoms with E-state index in [4.69, 9.17) is 9.47 Å². The lowest BCUT2D eigenvalue weighted by Gasteiger charge is -2.16. The lowest BCUT2D eigenvalue weighted by Crippen LogP contribution is -2.28. The molecule has 0 bridgehead atoms. The Kier molecular flexibility index (Phi) is 4.21. The van der Waals surface area contributed by atoms with E-state index in [1.54, 1.807) is 12.3 Å². The number of hydrogen-bond donors (Lipinski definition) is 2. The van der Waals surface area contributed by atoms with Crippen molar-refractivity contribution in [3.8, 4) is 22.6 Å². The molecule has 2 aromatic carbocycles. The van der Waals surface area contributed by atoms with Gasteiger partial charge in [-0.25, -0.2) is 4.98 Å². The van der Waals surface area contributed by atoms with E-state index in [0.29, 0.717) is 17.3 Å². The van der Waals surface area contributed by atoms with Crippen molar-refractivity contribution in [3.63, 3.8) is 0 Å². The van der Waals surface area contributed by atoms with Crippen LogP contribution in [-0.2, 0) is 16.8 Å². The zero-order valence-electron chi connectivity index (χ0n) is 15.7. The summed E-state index contributed by atoms with van der Waals surface area (Å²) in [4.78, 5) is 17.4. The molecule has 1 fully saturated rings. The quantitative estimate of drug-likeness (QED) is 0.698. The van der Waals surface area contributed by atoms with Gasteiger partial charge in [-0.05, 0) is 53.8 Å². The highest BCUT2D eigenvalue weighted by molar-refractivity contribution is 6.01. The van der Waals surface area contributed by atoms with Crippen molar-refractivity contribution < 1.29 is 19.4 Å². The average Bonchev–Trinajstić information content (AvgIpc) is 3.45. The van der Waals surface area contributed by atoms with Crippen LogP contribution in [0.15, 0.2) is 60.8 Å². The van der Waals surface area contributed by atoms with Crippen LogP contribution in [0.1, 0.15) is 24.0 Å². The van der Waals surface area contributed by atoms with Gasteiger partial charge in [0.15, 0.2) is 11.5 Å². The summed E-state index contributed by atoms with van der Waals surface area (Å²) >= 11 is 0. The lowest BCUT2D eigenvalue weighted by molar-refractivity contribution is -0.118. The summed E-state index contributed by atoms with van der Waals surface area (Å²) < 4.78 is 10.8. The van der Waals surface area contributed by atoms with E-state index in [2.05, 4.69) is 10.3 Å². The highest BCUT2D eigenvalue weighted by Crippen LogP contribution is 2.51. The summed E-state index contributed by atoms with van der Waals surface area (Å²) in [6.45, 7) is 0.181. The maximum absolute atomic E-state index is 13.0. The van der Waals surface area contributed by atoms with Crippen molar-refractivity contribution in [2.45, 2.75) is 24.9 Å². The second kappa shape index (κ2) is 6.90. The van der Waals surface area contributed by atoms with Gasteiger partial charge in [-0.1, -0.05) is 30.3 Å². The first-order chi connectivity index (χ1) is 14.2. The largest absolute Gasteiger partial charge is 0.454 e. The summed E-state index contributed by atoms with van der Waals surface area (Å²) in [6.07, 6.45) is 3.30. The fourth-order valence-electron chi connectivity index (χ4n) is 3.77. The van der Waals surface area contributed by atoms with Gasteiger partial charge in [0.2, 0.25) is 12.7 Å². The summed E-state index contributed by atoms with van der Waals surface area (Å²) in [5.74, 6) is 1.84. The molecule has 1 saturated carbocycles. The number of carbonyl (C=O) groups excluding carboxylic acids is 1. The van der Waals surface area contributed by atoms with Crippen molar-refractivity contribution in [2.75, 3.05) is 12.1 Å². The van der Waals surface area contributed by atoms with Gasteiger partial charge in [-0.2, -0.15) is 0 Å². The van der Waals surface area contributed by atoms with Crippen LogP contribution in [0.5, 0.6) is 11.5 Å². The molecule has 6 heteroatoms. The topological polar surface area (TPSA) is 80.7 Å². The molecule has 1 aromatic heterocycles. The van der Waals surface area contributed by atoms with Gasteiger partial charge in [-0.15, -0.1) is 0 Å². The third kappa shape index (κ3) is 3.11. The molecule has 1 aliphatic heterocycles. The fourth-order valence-corrected chi connectivity index (χ4v) is 3.77. The van der Waals surface area contributed by atoms with Crippen LogP contribution < -0.4 is 14.8 Å². The molecule has 146 valence electrons. The van der Waals surface area contributed by atoms with Crippen LogP contribution in [0.4, 0.5) is 5.82 Å². The Morgan fingerprint density at radius 1 is 1.07 bits per heavy atom. The summed E-state index contributed by atoms with van der Waals surface area (Å²) in [5, 5.41) is 12.5. The minimum absolute atomic E-state index is 0.0350. The summed E-state index contributed by atoms with van der Waals surface area (Å²) in [5.41, 5.74) is 3.06. The van der Waals surface area contributed by atoms with Gasteiger partial charge in [0, 0.05) is 11.8 Å². The van der Waals surface area contributed by atoms with Crippen molar-refractivity contribution in [2.24, 2.45) is 0 Å². The van der Waals surface area contributed by atoms with Crippen molar-refractivity contribution in [1.29, 1.82) is 0 Å². The monoisotopic (exact) mass is 388 g/mol. The second-order valence-electron chi connectivity index (χ2n) is 7.35. The molecule has 0 radical (unpaired) electrons. The Bertz CT molecular complexity index is 1070. The van der Waals surface area contributed by atoms with Gasteiger partial charge in [0.1, 0.15) is 5.82 Å². The van der Waals surface area contributed by atoms with Crippen LogP contribution in [0.2, 0.25) is 0 Å². The van der Waals surface area contributed by atoms with Gasteiger partial charge >= 0.3 is 0 Å². The molecule has 6 nitrogen and oxygen atoms in total. The van der Waals surface area contributed by atoms with Gasteiger partial charge in [-0.3, -0.25) is 4.79 Å². The molecule has 0 spiro atoms. The number of nitrogens with zero attached hydrogens (tertiary/aromatic N) is 1. The van der Waals surface area contributed by atoms with Crippen LogP contribution >= 0.6 is 0 Å². The molecule has 0 saturated heterocycles. The molecule has 5 rings (SSSR count). The van der Waals surface area contributed by atoms with Gasteiger partial charge < -0.3 is 19.9 Å². The molecule has 0 unspecified atom stereocenters. The summed E-state index contributed by atoms with van der Waals surface area (Å²) in [7, 11) is 0. The molecule has 2 heterocycles. The first kappa shape index (κ1) is 17.7. The molecule has 2 N–H and O–H groups in total. The van der Waals surface area contributed by atoms with E-state index < -0.39 is 5.41 Å². The average molecular weight is 388 g/mol. The molecule has 1 amide bonds. The number of aliphatic hydroxyl groups is 1. The standard InChI is InChI=1S/C23H20N2O4/c26-13-16-3-1-2-4-18(16)15-5-8-21(24-12-15)25-22(27)23(9-10-23)17-6-7-19-20(11-17)29-14-28-19/h1-8,11-12,26H,9-10,13-14H2,(H,24,25,27). The second-order valence-corrected chi connectivity index (χ2v) is 7.35. The summed E-state index contributed by atoms with van der Waals surface area (Å²) in [6, 6.07) is 17.0. The van der Waals surface area contributed by atoms with E-state index in [1.165, 1.54) is 0 Å². The van der Waals surface area contributed by atoms with E-state index in [-0.39, 0.29) is 19.3 Å². The molecular formula is C23H20N2O4. The predicted octanol–water partition coefficient (Wildman–Crippen LogP) is 3.64. The van der Waals surface area contributed by atoms with E-state index in [1.807, 2.05) is 48.5 Å². The SMILES string of the molecule is O=C(Nc1ccc(-c2ccccc2CO)cn1)C1(c2ccc3c(c2)OCO3)CC1. The Morgan fingerprint density at radius 3 is 2.66 bits per heavy atom. The molecule has 1 aliphatic carbocycles. The highest BCUT2D eigenvalue weighted by Gasteiger charge is 2.51. The molecule has 0 atom stereocenters. The Balaban J connectivity index is 1.35. The molecule has 29 heavy (non-hydrogen) atoms. The smallest absolute Gasteiger partial charge is 0.236 e. The minimum Gasteiger partial charge on any atom is -0.454 e. The third-order valence-corrected chi connectivity index (χ3v) is 5.61. The number of aromatic nitrogens is 1. The van der Waals surface area contributed by atoms with Gasteiger partial charge in [0.05, 0.1) is 12.0 Å². The van der Waals surface area contributed by atoms with E-state index in [0.717, 1.165) is 35.1 Å². The molecular weight excluding hydrogens is 368 g/mol. The van der Waals surface area contributed by atoms with Crippen LogP contribution in [0, 0.1) is 0 Å². The number of rotatable bonds is 5. The zero-order valence-corrected chi connectivity index (χ0v) is 15.7. The number of carbonyl (C=O) groups is 1. The van der Waals surface area contributed by atoms with Gasteiger partial charge in [0.25, 0.3) is 0 Å². The molecule has 3 aromatic rings. The number of anilines is 1. The third-order valence-electron chi connectivity index (χ3n) is 5.61. The Hall–Kier alpha value is -3.38. The Labute approximate surface area is 168 Å². The van der Waals surface area contributed by atoms with E-state index in [9.17, 15) is 9.90 Å². The van der Waals surface area contributed by atoms with E-state index >= 15 is 0 Å². The van der Waals surface area contributed by atoms with Crippen molar-refractivity contribution >= 4 is 11.7 Å². The fraction of sp³-hybridized carbons (Fsp3) is 0.217. The highest BCUT2D eigenvalue weighted by atomic mass is 16.7. The Morgan fingerprint density at radius 2 is 1.90 bits per heavy atom. The predicted molar refractivity (Wildman–Crippen MR) is 108 cm³/mol. The number of benzene rings is 2. The first-order valence-corrected chi connectivity index (χ1v) is 9.56. The number of hydrogen-bond acceptors (Lipinski definition) is 5.